The molecular formula is C45H57N3NiS4-4. The molecule has 0 radical (unpaired) electrons. The summed E-state index contributed by atoms with van der Waals surface area (Å²) in [7, 11) is 0. The Balaban J connectivity index is 0.000000360. The third kappa shape index (κ3) is 12.1. The molecule has 0 aromatic heterocycles. The summed E-state index contributed by atoms with van der Waals surface area (Å²) in [6.07, 6.45) is 2.27. The predicted octanol–water partition coefficient (Wildman–Crippen LogP) is 11.7. The zero-order chi connectivity index (χ0) is 38.2. The Labute approximate surface area is 354 Å². The van der Waals surface area contributed by atoms with Gasteiger partial charge in [-0.25, -0.2) is 0 Å². The fraction of sp³-hybridized carbons (Fsp3) is 0.378. The van der Waals surface area contributed by atoms with Gasteiger partial charge in [-0.1, -0.05) is 86.6 Å². The molecule has 0 aliphatic rings. The second-order valence-electron chi connectivity index (χ2n) is 12.6. The van der Waals surface area contributed by atoms with Crippen molar-refractivity contribution in [1.82, 2.24) is 0 Å². The number of rotatable bonds is 16. The van der Waals surface area contributed by atoms with Crippen molar-refractivity contribution in [3.8, 4) is 0 Å². The molecule has 0 aliphatic carbocycles. The molecule has 0 fully saturated rings. The first-order chi connectivity index (χ1) is 25.1. The minimum atomic E-state index is 0. The monoisotopic (exact) mass is 825 g/mol. The zero-order valence-electron chi connectivity index (χ0n) is 32.8. The van der Waals surface area contributed by atoms with Gasteiger partial charge < -0.3 is 65.2 Å². The molecule has 0 N–H and O–H groups in total. The maximum absolute atomic E-state index is 5.88. The van der Waals surface area contributed by atoms with Crippen molar-refractivity contribution >= 4 is 87.2 Å². The topological polar surface area (TPSA) is 9.72 Å². The molecular weight excluding hydrogens is 769 g/mol. The minimum Gasteiger partial charge on any atom is -0.781 e. The average molecular weight is 827 g/mol. The Kier molecular flexibility index (Phi) is 20.8. The second-order valence-corrected chi connectivity index (χ2v) is 14.2. The van der Waals surface area contributed by atoms with Gasteiger partial charge in [0.2, 0.25) is 0 Å². The van der Waals surface area contributed by atoms with Crippen molar-refractivity contribution in [2.45, 2.75) is 74.1 Å². The van der Waals surface area contributed by atoms with E-state index >= 15 is 0 Å². The molecule has 0 atom stereocenters. The van der Waals surface area contributed by atoms with Crippen molar-refractivity contribution in [3.63, 3.8) is 0 Å². The predicted molar refractivity (Wildman–Crippen MR) is 243 cm³/mol. The van der Waals surface area contributed by atoms with Crippen LogP contribution in [-0.2, 0) is 67.0 Å². The maximum atomic E-state index is 5.88. The third-order valence-corrected chi connectivity index (χ3v) is 11.8. The van der Waals surface area contributed by atoms with Crippen molar-refractivity contribution in [2.75, 3.05) is 54.0 Å². The molecule has 0 amide bonds. The number of hydrogen-bond acceptors (Lipinski definition) is 7. The Bertz CT molecular complexity index is 1600. The van der Waals surface area contributed by atoms with E-state index in [9.17, 15) is 0 Å². The summed E-state index contributed by atoms with van der Waals surface area (Å²) in [4.78, 5) is 10.1. The van der Waals surface area contributed by atoms with Crippen LogP contribution < -0.4 is 14.7 Å². The van der Waals surface area contributed by atoms with E-state index in [4.69, 9.17) is 50.5 Å². The van der Waals surface area contributed by atoms with Crippen LogP contribution in [0.1, 0.15) is 102 Å². The quantitative estimate of drug-likeness (QED) is 0.0624. The number of anilines is 3. The van der Waals surface area contributed by atoms with Crippen molar-refractivity contribution < 1.29 is 16.5 Å². The van der Waals surface area contributed by atoms with Gasteiger partial charge in [0.05, 0.1) is 0 Å². The van der Waals surface area contributed by atoms with Crippen LogP contribution in [0.4, 0.5) is 17.1 Å². The van der Waals surface area contributed by atoms with Gasteiger partial charge in [-0.15, -0.1) is 0 Å². The molecule has 3 nitrogen and oxygen atoms in total. The summed E-state index contributed by atoms with van der Waals surface area (Å²) in [5, 5.41) is 0. The maximum Gasteiger partial charge on any atom is 0.0425 e. The first-order valence-corrected chi connectivity index (χ1v) is 20.6. The van der Waals surface area contributed by atoms with Gasteiger partial charge in [0, 0.05) is 72.8 Å². The van der Waals surface area contributed by atoms with Crippen LogP contribution in [-0.4, -0.2) is 39.3 Å². The zero-order valence-corrected chi connectivity index (χ0v) is 37.0. The molecule has 0 spiro atoms. The van der Waals surface area contributed by atoms with Crippen molar-refractivity contribution in [2.24, 2.45) is 0 Å². The summed E-state index contributed by atoms with van der Waals surface area (Å²) in [6, 6.07) is 33.5. The van der Waals surface area contributed by atoms with E-state index in [0.717, 1.165) is 99.7 Å². The normalized spacial score (nSPS) is 11.8. The number of hydrogen-bond donors (Lipinski definition) is 0. The van der Waals surface area contributed by atoms with Gasteiger partial charge in [0.1, 0.15) is 0 Å². The first-order valence-electron chi connectivity index (χ1n) is 18.9. The second kappa shape index (κ2) is 23.8. The minimum absolute atomic E-state index is 0. The Hall–Kier alpha value is -2.87. The Morgan fingerprint density at radius 1 is 0.453 bits per heavy atom. The van der Waals surface area contributed by atoms with Crippen LogP contribution in [0.2, 0.25) is 0 Å². The largest absolute Gasteiger partial charge is 0.781 e. The van der Waals surface area contributed by atoms with E-state index < -0.39 is 0 Å². The summed E-state index contributed by atoms with van der Waals surface area (Å²) in [6.45, 7) is 23.3. The SMILES string of the molecule is CCC(CC)c1ccc(N(CC)CC)c(/C([S-])=C(/[S-])c2ccccc2)c1.CCN(CC)c1ccc(N(CC)CC)c(/C([S-])=C(/[S-])c2ccccc2)c1.[Ni]. The molecule has 0 bridgehead atoms. The molecule has 4 rings (SSSR count). The Morgan fingerprint density at radius 2 is 0.830 bits per heavy atom. The molecule has 0 unspecified atom stereocenters. The van der Waals surface area contributed by atoms with Gasteiger partial charge in [0.25, 0.3) is 0 Å². The molecule has 4 aromatic rings. The molecule has 290 valence electrons. The molecule has 0 heterocycles. The molecule has 8 heteroatoms. The van der Waals surface area contributed by atoms with Crippen LogP contribution in [0.15, 0.2) is 97.1 Å². The van der Waals surface area contributed by atoms with Gasteiger partial charge in [-0.3, -0.25) is 0 Å². The van der Waals surface area contributed by atoms with Gasteiger partial charge >= 0.3 is 0 Å². The smallest absolute Gasteiger partial charge is 0.0425 e. The molecule has 0 saturated carbocycles. The van der Waals surface area contributed by atoms with Crippen molar-refractivity contribution in [3.05, 3.63) is 125 Å². The van der Waals surface area contributed by atoms with Crippen LogP contribution in [0.25, 0.3) is 19.6 Å². The van der Waals surface area contributed by atoms with E-state index in [2.05, 4.69) is 106 Å². The van der Waals surface area contributed by atoms with E-state index in [1.807, 2.05) is 60.7 Å². The fourth-order valence-corrected chi connectivity index (χ4v) is 7.66. The summed E-state index contributed by atoms with van der Waals surface area (Å²) in [5.41, 5.74) is 9.08. The first kappa shape index (κ1) is 46.3. The van der Waals surface area contributed by atoms with Crippen LogP contribution in [0, 0.1) is 0 Å². The molecule has 53 heavy (non-hydrogen) atoms. The molecule has 4 aromatic carbocycles. The van der Waals surface area contributed by atoms with E-state index in [1.54, 1.807) is 0 Å². The van der Waals surface area contributed by atoms with Crippen LogP contribution in [0.5, 0.6) is 0 Å². The average Bonchev–Trinajstić information content (AvgIpc) is 3.20. The van der Waals surface area contributed by atoms with Crippen LogP contribution >= 0.6 is 0 Å². The molecule has 0 aliphatic heterocycles. The summed E-state index contributed by atoms with van der Waals surface area (Å²) in [5.74, 6) is 0.563. The van der Waals surface area contributed by atoms with Crippen LogP contribution in [0.3, 0.4) is 0 Å². The Morgan fingerprint density at radius 3 is 1.21 bits per heavy atom. The summed E-state index contributed by atoms with van der Waals surface area (Å²) >= 11 is 23.2. The van der Waals surface area contributed by atoms with E-state index in [-0.39, 0.29) is 16.5 Å². The standard InChI is InChI=1S/C23H31NS2.C22H30N2S2.Ni/c1-5-17(6-2)19-14-15-21(24(7-3)8-4)20(16-19)23(26)22(25)18-12-10-9-11-13-18;1-5-23(6-2)18-14-15-20(24(7-3)8-4)19(16-18)22(26)21(25)17-12-10-9-11-13-17;/h9-17,25-26H,5-8H2,1-4H3;9-16,25-26H,5-8H2,1-4H3;/p-4/b23-22-;22-21-;. The van der Waals surface area contributed by atoms with Gasteiger partial charge in [-0.05, 0) is 112 Å². The number of benzene rings is 4. The van der Waals surface area contributed by atoms with Gasteiger partial charge in [0.15, 0.2) is 0 Å². The fourth-order valence-electron chi connectivity index (χ4n) is 6.61. The number of nitrogens with zero attached hydrogens (tertiary/aromatic N) is 3. The van der Waals surface area contributed by atoms with E-state index in [0.29, 0.717) is 5.92 Å². The van der Waals surface area contributed by atoms with E-state index in [1.165, 1.54) is 16.9 Å². The third-order valence-electron chi connectivity index (χ3n) is 9.77. The summed E-state index contributed by atoms with van der Waals surface area (Å²) < 4.78 is 0. The molecule has 0 saturated heterocycles. The van der Waals surface area contributed by atoms with Gasteiger partial charge in [-0.2, -0.15) is 19.6 Å². The van der Waals surface area contributed by atoms with Crippen molar-refractivity contribution in [1.29, 1.82) is 0 Å².